The molecule has 2 aromatic carbocycles. The Morgan fingerprint density at radius 2 is 1.90 bits per heavy atom. The molecule has 1 fully saturated rings. The van der Waals surface area contributed by atoms with Crippen LogP contribution in [0.3, 0.4) is 0 Å². The Labute approximate surface area is 169 Å². The van der Waals surface area contributed by atoms with Gasteiger partial charge in [-0.1, -0.05) is 36.4 Å². The first-order valence-electron chi connectivity index (χ1n) is 9.54. The Balaban J connectivity index is 1.49. The van der Waals surface area contributed by atoms with Gasteiger partial charge in [0.15, 0.2) is 11.5 Å². The first kappa shape index (κ1) is 18.9. The van der Waals surface area contributed by atoms with Gasteiger partial charge in [0.1, 0.15) is 6.54 Å². The van der Waals surface area contributed by atoms with Gasteiger partial charge in [0.05, 0.1) is 20.3 Å². The molecular formula is C21H23N5O3. The lowest BCUT2D eigenvalue weighted by Gasteiger charge is -2.25. The van der Waals surface area contributed by atoms with E-state index in [1.165, 1.54) is 4.80 Å². The quantitative estimate of drug-likeness (QED) is 0.640. The van der Waals surface area contributed by atoms with Gasteiger partial charge >= 0.3 is 0 Å². The lowest BCUT2D eigenvalue weighted by molar-refractivity contribution is -0.133. The number of methoxy groups -OCH3 is 2. The normalized spacial score (nSPS) is 16.1. The topological polar surface area (TPSA) is 82.4 Å². The number of benzene rings is 2. The van der Waals surface area contributed by atoms with Crippen LogP contribution in [0.5, 0.6) is 11.5 Å². The molecule has 0 bridgehead atoms. The molecule has 0 spiro atoms. The number of likely N-dealkylation sites (tertiary alicyclic amines) is 1. The van der Waals surface area contributed by atoms with Gasteiger partial charge in [-0.05, 0) is 35.8 Å². The number of ether oxygens (including phenoxy) is 2. The maximum Gasteiger partial charge on any atom is 0.246 e. The number of aromatic nitrogens is 4. The summed E-state index contributed by atoms with van der Waals surface area (Å²) < 4.78 is 10.7. The van der Waals surface area contributed by atoms with Gasteiger partial charge in [0.2, 0.25) is 11.7 Å². The largest absolute Gasteiger partial charge is 0.493 e. The van der Waals surface area contributed by atoms with Crippen molar-refractivity contribution in [2.75, 3.05) is 20.8 Å². The van der Waals surface area contributed by atoms with Gasteiger partial charge in [-0.3, -0.25) is 4.79 Å². The third kappa shape index (κ3) is 3.91. The highest BCUT2D eigenvalue weighted by Crippen LogP contribution is 2.37. The number of hydrogen-bond donors (Lipinski definition) is 0. The van der Waals surface area contributed by atoms with E-state index < -0.39 is 0 Å². The predicted molar refractivity (Wildman–Crippen MR) is 106 cm³/mol. The van der Waals surface area contributed by atoms with Gasteiger partial charge in [-0.15, -0.1) is 10.2 Å². The monoisotopic (exact) mass is 393 g/mol. The van der Waals surface area contributed by atoms with Crippen LogP contribution < -0.4 is 9.47 Å². The van der Waals surface area contributed by atoms with Gasteiger partial charge < -0.3 is 14.4 Å². The standard InChI is InChI=1S/C21H23N5O3/c1-28-18-11-10-16(13-19(18)29-2)17-9-6-12-25(17)20(27)14-26-23-21(22-24-26)15-7-4-3-5-8-15/h3-5,7-8,10-11,13,17H,6,9,12,14H2,1-2H3. The van der Waals surface area contributed by atoms with Gasteiger partial charge in [0.25, 0.3) is 0 Å². The van der Waals surface area contributed by atoms with Crippen molar-refractivity contribution in [3.63, 3.8) is 0 Å². The second-order valence-corrected chi connectivity index (χ2v) is 6.87. The zero-order valence-corrected chi connectivity index (χ0v) is 16.5. The Morgan fingerprint density at radius 1 is 1.10 bits per heavy atom. The zero-order chi connectivity index (χ0) is 20.2. The fourth-order valence-corrected chi connectivity index (χ4v) is 3.70. The molecule has 2 heterocycles. The molecule has 0 aliphatic carbocycles. The summed E-state index contributed by atoms with van der Waals surface area (Å²) in [4.78, 5) is 16.2. The second-order valence-electron chi connectivity index (χ2n) is 6.87. The molecule has 1 amide bonds. The fourth-order valence-electron chi connectivity index (χ4n) is 3.70. The molecule has 1 aliphatic heterocycles. The molecule has 3 aromatic rings. The zero-order valence-electron chi connectivity index (χ0n) is 16.5. The van der Waals surface area contributed by atoms with E-state index in [-0.39, 0.29) is 18.5 Å². The maximum absolute atomic E-state index is 13.0. The van der Waals surface area contributed by atoms with Crippen molar-refractivity contribution in [1.29, 1.82) is 0 Å². The average molecular weight is 393 g/mol. The van der Waals surface area contributed by atoms with Gasteiger partial charge in [-0.2, -0.15) is 4.80 Å². The summed E-state index contributed by atoms with van der Waals surface area (Å²) in [6, 6.07) is 15.4. The van der Waals surface area contributed by atoms with Crippen LogP contribution in [0, 0.1) is 0 Å². The number of tetrazole rings is 1. The molecule has 0 saturated carbocycles. The van der Waals surface area contributed by atoms with Crippen LogP contribution in [0.25, 0.3) is 11.4 Å². The second kappa shape index (κ2) is 8.30. The van der Waals surface area contributed by atoms with Crippen molar-refractivity contribution in [2.45, 2.75) is 25.4 Å². The van der Waals surface area contributed by atoms with E-state index in [0.29, 0.717) is 23.9 Å². The van der Waals surface area contributed by atoms with Gasteiger partial charge in [0, 0.05) is 12.1 Å². The Morgan fingerprint density at radius 3 is 2.66 bits per heavy atom. The van der Waals surface area contributed by atoms with Crippen molar-refractivity contribution in [1.82, 2.24) is 25.1 Å². The molecule has 1 unspecified atom stereocenters. The molecule has 150 valence electrons. The van der Waals surface area contributed by atoms with E-state index in [1.807, 2.05) is 53.4 Å². The Bertz CT molecular complexity index is 989. The molecule has 0 N–H and O–H groups in total. The Kier molecular flexibility index (Phi) is 5.41. The van der Waals surface area contributed by atoms with Crippen molar-refractivity contribution < 1.29 is 14.3 Å². The third-order valence-corrected chi connectivity index (χ3v) is 5.13. The van der Waals surface area contributed by atoms with Gasteiger partial charge in [-0.25, -0.2) is 0 Å². The number of carbonyl (C=O) groups is 1. The maximum atomic E-state index is 13.0. The van der Waals surface area contributed by atoms with Crippen molar-refractivity contribution in [2.24, 2.45) is 0 Å². The SMILES string of the molecule is COc1ccc(C2CCCN2C(=O)Cn2nnc(-c3ccccc3)n2)cc1OC. The third-order valence-electron chi connectivity index (χ3n) is 5.13. The number of hydrogen-bond acceptors (Lipinski definition) is 6. The van der Waals surface area contributed by atoms with E-state index in [4.69, 9.17) is 9.47 Å². The number of rotatable bonds is 6. The van der Waals surface area contributed by atoms with Crippen LogP contribution in [0.4, 0.5) is 0 Å². The van der Waals surface area contributed by atoms with E-state index in [9.17, 15) is 4.79 Å². The van der Waals surface area contributed by atoms with E-state index in [0.717, 1.165) is 24.0 Å². The molecule has 29 heavy (non-hydrogen) atoms. The van der Waals surface area contributed by atoms with Crippen LogP contribution in [0.2, 0.25) is 0 Å². The minimum atomic E-state index is -0.0284. The minimum Gasteiger partial charge on any atom is -0.493 e. The summed E-state index contributed by atoms with van der Waals surface area (Å²) in [7, 11) is 3.22. The highest BCUT2D eigenvalue weighted by Gasteiger charge is 2.31. The van der Waals surface area contributed by atoms with Crippen molar-refractivity contribution in [3.8, 4) is 22.9 Å². The Hall–Kier alpha value is -3.42. The lowest BCUT2D eigenvalue weighted by atomic mass is 10.0. The molecule has 1 saturated heterocycles. The van der Waals surface area contributed by atoms with Crippen molar-refractivity contribution >= 4 is 5.91 Å². The number of nitrogens with zero attached hydrogens (tertiary/aromatic N) is 5. The van der Waals surface area contributed by atoms with Crippen molar-refractivity contribution in [3.05, 3.63) is 54.1 Å². The fraction of sp³-hybridized carbons (Fsp3) is 0.333. The number of carbonyl (C=O) groups excluding carboxylic acids is 1. The molecule has 4 rings (SSSR count). The summed E-state index contributed by atoms with van der Waals surface area (Å²) in [6.45, 7) is 0.766. The van der Waals surface area contributed by atoms with Crippen LogP contribution in [-0.4, -0.2) is 51.8 Å². The van der Waals surface area contributed by atoms with Crippen LogP contribution >= 0.6 is 0 Å². The molecule has 1 aromatic heterocycles. The lowest BCUT2D eigenvalue weighted by Crippen LogP contribution is -2.34. The highest BCUT2D eigenvalue weighted by atomic mass is 16.5. The smallest absolute Gasteiger partial charge is 0.246 e. The molecule has 1 aliphatic rings. The molecular weight excluding hydrogens is 370 g/mol. The van der Waals surface area contributed by atoms with E-state index in [2.05, 4.69) is 15.4 Å². The summed E-state index contributed by atoms with van der Waals surface area (Å²) in [5.41, 5.74) is 1.90. The van der Waals surface area contributed by atoms with E-state index >= 15 is 0 Å². The summed E-state index contributed by atoms with van der Waals surface area (Å²) in [6.07, 6.45) is 1.85. The molecule has 8 nitrogen and oxygen atoms in total. The van der Waals surface area contributed by atoms with Crippen LogP contribution in [0.15, 0.2) is 48.5 Å². The average Bonchev–Trinajstić information content (AvgIpc) is 3.43. The minimum absolute atomic E-state index is 0.000536. The summed E-state index contributed by atoms with van der Waals surface area (Å²) in [5.74, 6) is 1.82. The van der Waals surface area contributed by atoms with E-state index in [1.54, 1.807) is 14.2 Å². The predicted octanol–water partition coefficient (Wildman–Crippen LogP) is 2.72. The first-order chi connectivity index (χ1) is 14.2. The first-order valence-corrected chi connectivity index (χ1v) is 9.54. The van der Waals surface area contributed by atoms with Crippen LogP contribution in [-0.2, 0) is 11.3 Å². The van der Waals surface area contributed by atoms with Crippen LogP contribution in [0.1, 0.15) is 24.4 Å². The molecule has 0 radical (unpaired) electrons. The highest BCUT2D eigenvalue weighted by molar-refractivity contribution is 5.76. The summed E-state index contributed by atoms with van der Waals surface area (Å²) in [5, 5.41) is 12.5. The summed E-state index contributed by atoms with van der Waals surface area (Å²) >= 11 is 0. The number of amides is 1. The molecule has 1 atom stereocenters. The molecule has 8 heteroatoms.